The fourth-order valence-electron chi connectivity index (χ4n) is 2.63. The molecule has 5 nitrogen and oxygen atoms in total. The SMILES string of the molecule is O=C(NCCNc1ccc2ccccc2n1)[C@H]1CCCOC1. The van der Waals surface area contributed by atoms with Crippen LogP contribution in [-0.4, -0.2) is 37.2 Å². The molecule has 1 aliphatic heterocycles. The van der Waals surface area contributed by atoms with Crippen molar-refractivity contribution in [1.29, 1.82) is 0 Å². The number of carbonyl (C=O) groups excluding carboxylic acids is 1. The van der Waals surface area contributed by atoms with Crippen molar-refractivity contribution in [2.75, 3.05) is 31.6 Å². The van der Waals surface area contributed by atoms with Gasteiger partial charge in [0.1, 0.15) is 5.82 Å². The van der Waals surface area contributed by atoms with Gasteiger partial charge in [0, 0.05) is 25.1 Å². The number of nitrogens with zero attached hydrogens (tertiary/aromatic N) is 1. The van der Waals surface area contributed by atoms with Crippen LogP contribution in [0.2, 0.25) is 0 Å². The molecule has 1 saturated heterocycles. The van der Waals surface area contributed by atoms with Gasteiger partial charge in [0.25, 0.3) is 0 Å². The standard InChI is InChI=1S/C17H21N3O2/c21-17(14-5-3-11-22-12-14)19-10-9-18-16-8-7-13-4-1-2-6-15(13)20-16/h1-2,4,6-8,14H,3,5,9-12H2,(H,18,20)(H,19,21)/t14-/m0/s1. The summed E-state index contributed by atoms with van der Waals surface area (Å²) in [5.41, 5.74) is 0.968. The Hall–Kier alpha value is -2.14. The average Bonchev–Trinajstić information content (AvgIpc) is 2.59. The van der Waals surface area contributed by atoms with Crippen molar-refractivity contribution in [2.45, 2.75) is 12.8 Å². The maximum absolute atomic E-state index is 11.9. The van der Waals surface area contributed by atoms with E-state index < -0.39 is 0 Å². The van der Waals surface area contributed by atoms with Crippen LogP contribution < -0.4 is 10.6 Å². The van der Waals surface area contributed by atoms with Crippen LogP contribution in [0.3, 0.4) is 0 Å². The molecule has 0 saturated carbocycles. The number of nitrogens with one attached hydrogen (secondary N) is 2. The van der Waals surface area contributed by atoms with Crippen molar-refractivity contribution in [1.82, 2.24) is 10.3 Å². The summed E-state index contributed by atoms with van der Waals surface area (Å²) in [5, 5.41) is 7.31. The normalized spacial score (nSPS) is 18.1. The largest absolute Gasteiger partial charge is 0.381 e. The number of hydrogen-bond acceptors (Lipinski definition) is 4. The minimum atomic E-state index is 0.00699. The van der Waals surface area contributed by atoms with Gasteiger partial charge >= 0.3 is 0 Å². The van der Waals surface area contributed by atoms with Gasteiger partial charge in [-0.25, -0.2) is 4.98 Å². The molecule has 1 amide bonds. The maximum atomic E-state index is 11.9. The Kier molecular flexibility index (Phi) is 4.85. The van der Waals surface area contributed by atoms with E-state index in [1.165, 1.54) is 0 Å². The molecular weight excluding hydrogens is 278 g/mol. The highest BCUT2D eigenvalue weighted by molar-refractivity contribution is 5.80. The van der Waals surface area contributed by atoms with Crippen molar-refractivity contribution in [3.05, 3.63) is 36.4 Å². The fraction of sp³-hybridized carbons (Fsp3) is 0.412. The molecule has 1 aromatic carbocycles. The van der Waals surface area contributed by atoms with Gasteiger partial charge in [-0.1, -0.05) is 18.2 Å². The summed E-state index contributed by atoms with van der Waals surface area (Å²) < 4.78 is 5.33. The second-order valence-corrected chi connectivity index (χ2v) is 5.52. The van der Waals surface area contributed by atoms with Crippen LogP contribution in [0.5, 0.6) is 0 Å². The van der Waals surface area contributed by atoms with E-state index in [4.69, 9.17) is 4.74 Å². The monoisotopic (exact) mass is 299 g/mol. The molecule has 2 heterocycles. The fourth-order valence-corrected chi connectivity index (χ4v) is 2.63. The average molecular weight is 299 g/mol. The number of ether oxygens (including phenoxy) is 1. The second-order valence-electron chi connectivity index (χ2n) is 5.52. The molecule has 116 valence electrons. The maximum Gasteiger partial charge on any atom is 0.225 e. The highest BCUT2D eigenvalue weighted by atomic mass is 16.5. The molecule has 0 aliphatic carbocycles. The van der Waals surface area contributed by atoms with Crippen LogP contribution in [0.4, 0.5) is 5.82 Å². The Morgan fingerprint density at radius 2 is 2.14 bits per heavy atom. The van der Waals surface area contributed by atoms with Crippen molar-refractivity contribution in [3.63, 3.8) is 0 Å². The summed E-state index contributed by atoms with van der Waals surface area (Å²) in [6.45, 7) is 2.57. The first-order valence-electron chi connectivity index (χ1n) is 7.78. The zero-order chi connectivity index (χ0) is 15.2. The molecule has 0 spiro atoms. The smallest absolute Gasteiger partial charge is 0.225 e. The molecule has 5 heteroatoms. The minimum absolute atomic E-state index is 0.00699. The first-order chi connectivity index (χ1) is 10.8. The van der Waals surface area contributed by atoms with Gasteiger partial charge in [0.05, 0.1) is 18.0 Å². The van der Waals surface area contributed by atoms with Crippen molar-refractivity contribution in [3.8, 4) is 0 Å². The van der Waals surface area contributed by atoms with Gasteiger partial charge in [-0.2, -0.15) is 0 Å². The van der Waals surface area contributed by atoms with Crippen LogP contribution in [0.1, 0.15) is 12.8 Å². The Morgan fingerprint density at radius 1 is 1.23 bits per heavy atom. The molecular formula is C17H21N3O2. The summed E-state index contributed by atoms with van der Waals surface area (Å²) in [7, 11) is 0. The molecule has 0 radical (unpaired) electrons. The van der Waals surface area contributed by atoms with Gasteiger partial charge in [0.15, 0.2) is 0 Å². The lowest BCUT2D eigenvalue weighted by Gasteiger charge is -2.21. The third-order valence-electron chi connectivity index (χ3n) is 3.86. The van der Waals surface area contributed by atoms with E-state index in [0.717, 1.165) is 36.2 Å². The van der Waals surface area contributed by atoms with E-state index in [-0.39, 0.29) is 11.8 Å². The molecule has 1 aliphatic rings. The zero-order valence-corrected chi connectivity index (χ0v) is 12.5. The molecule has 0 unspecified atom stereocenters. The lowest BCUT2D eigenvalue weighted by atomic mass is 10.0. The zero-order valence-electron chi connectivity index (χ0n) is 12.5. The number of pyridine rings is 1. The highest BCUT2D eigenvalue weighted by Gasteiger charge is 2.20. The van der Waals surface area contributed by atoms with Crippen LogP contribution in [-0.2, 0) is 9.53 Å². The van der Waals surface area contributed by atoms with Crippen molar-refractivity contribution >= 4 is 22.6 Å². The van der Waals surface area contributed by atoms with E-state index in [1.807, 2.05) is 36.4 Å². The summed E-state index contributed by atoms with van der Waals surface area (Å²) in [4.78, 5) is 16.5. The van der Waals surface area contributed by atoms with Gasteiger partial charge < -0.3 is 15.4 Å². The van der Waals surface area contributed by atoms with Crippen LogP contribution in [0.15, 0.2) is 36.4 Å². The molecule has 1 atom stereocenters. The van der Waals surface area contributed by atoms with E-state index >= 15 is 0 Å². The quantitative estimate of drug-likeness (QED) is 0.831. The number of para-hydroxylation sites is 1. The van der Waals surface area contributed by atoms with E-state index in [2.05, 4.69) is 15.6 Å². The molecule has 0 bridgehead atoms. The van der Waals surface area contributed by atoms with Gasteiger partial charge in [-0.3, -0.25) is 4.79 Å². The lowest BCUT2D eigenvalue weighted by molar-refractivity contribution is -0.128. The number of anilines is 1. The third-order valence-corrected chi connectivity index (χ3v) is 3.86. The number of aromatic nitrogens is 1. The first kappa shape index (κ1) is 14.8. The second kappa shape index (κ2) is 7.22. The molecule has 1 aromatic heterocycles. The van der Waals surface area contributed by atoms with Gasteiger partial charge in [-0.05, 0) is 31.0 Å². The molecule has 22 heavy (non-hydrogen) atoms. The highest BCUT2D eigenvalue weighted by Crippen LogP contribution is 2.14. The van der Waals surface area contributed by atoms with Crippen LogP contribution in [0, 0.1) is 5.92 Å². The predicted molar refractivity (Wildman–Crippen MR) is 86.8 cm³/mol. The van der Waals surface area contributed by atoms with Crippen molar-refractivity contribution < 1.29 is 9.53 Å². The van der Waals surface area contributed by atoms with E-state index in [0.29, 0.717) is 19.7 Å². The number of rotatable bonds is 5. The van der Waals surface area contributed by atoms with Gasteiger partial charge in [0.2, 0.25) is 5.91 Å². The third kappa shape index (κ3) is 3.74. The number of benzene rings is 1. The van der Waals surface area contributed by atoms with Crippen molar-refractivity contribution in [2.24, 2.45) is 5.92 Å². The van der Waals surface area contributed by atoms with Crippen LogP contribution >= 0.6 is 0 Å². The summed E-state index contributed by atoms with van der Waals surface area (Å²) in [6.07, 6.45) is 1.89. The lowest BCUT2D eigenvalue weighted by Crippen LogP contribution is -2.37. The first-order valence-corrected chi connectivity index (χ1v) is 7.78. The molecule has 2 N–H and O–H groups in total. The van der Waals surface area contributed by atoms with Crippen LogP contribution in [0.25, 0.3) is 10.9 Å². The number of amides is 1. The number of fused-ring (bicyclic) bond motifs is 1. The Bertz CT molecular complexity index is 639. The molecule has 2 aromatic rings. The molecule has 1 fully saturated rings. The predicted octanol–water partition coefficient (Wildman–Crippen LogP) is 2.19. The molecule has 3 rings (SSSR count). The Morgan fingerprint density at radius 3 is 3.00 bits per heavy atom. The number of carbonyl (C=O) groups is 1. The van der Waals surface area contributed by atoms with Gasteiger partial charge in [-0.15, -0.1) is 0 Å². The minimum Gasteiger partial charge on any atom is -0.381 e. The Labute approximate surface area is 130 Å². The summed E-state index contributed by atoms with van der Waals surface area (Å²) in [5.74, 6) is 0.925. The topological polar surface area (TPSA) is 63.2 Å². The summed E-state index contributed by atoms with van der Waals surface area (Å²) >= 11 is 0. The Balaban J connectivity index is 1.44. The van der Waals surface area contributed by atoms with E-state index in [1.54, 1.807) is 0 Å². The number of hydrogen-bond donors (Lipinski definition) is 2. The van der Waals surface area contributed by atoms with E-state index in [9.17, 15) is 4.79 Å². The summed E-state index contributed by atoms with van der Waals surface area (Å²) in [6, 6.07) is 12.0.